The average Bonchev–Trinajstić information content (AvgIpc) is 2.48. The molecule has 2 heterocycles. The van der Waals surface area contributed by atoms with E-state index in [9.17, 15) is 5.11 Å². The number of rotatable bonds is 2. The van der Waals surface area contributed by atoms with E-state index in [0.29, 0.717) is 13.2 Å². The second kappa shape index (κ2) is 2.73. The molecule has 2 rings (SSSR count). The second-order valence-electron chi connectivity index (χ2n) is 2.85. The molecule has 0 aromatic carbocycles. The van der Waals surface area contributed by atoms with Gasteiger partial charge in [-0.25, -0.2) is 0 Å². The predicted octanol–water partition coefficient (Wildman–Crippen LogP) is 0.974. The van der Waals surface area contributed by atoms with Crippen molar-refractivity contribution in [2.24, 2.45) is 0 Å². The van der Waals surface area contributed by atoms with Gasteiger partial charge in [-0.1, -0.05) is 0 Å². The number of hydrogen-bond donors (Lipinski definition) is 1. The highest BCUT2D eigenvalue weighted by molar-refractivity contribution is 7.14. The van der Waals surface area contributed by atoms with Gasteiger partial charge in [-0.2, -0.15) is 0 Å². The van der Waals surface area contributed by atoms with Crippen LogP contribution in [0.5, 0.6) is 5.06 Å². The molecule has 3 nitrogen and oxygen atoms in total. The van der Waals surface area contributed by atoms with Crippen molar-refractivity contribution >= 4 is 11.3 Å². The zero-order valence-corrected chi connectivity index (χ0v) is 7.56. The molecule has 1 aliphatic heterocycles. The standard InChI is InChI=1S/C8H10O3S/c1-10-7-3-2-6(12-7)8(9)4-11-5-8/h2-3,9H,4-5H2,1H3. The van der Waals surface area contributed by atoms with Crippen LogP contribution in [0.3, 0.4) is 0 Å². The van der Waals surface area contributed by atoms with E-state index in [-0.39, 0.29) is 0 Å². The lowest BCUT2D eigenvalue weighted by molar-refractivity contribution is -0.182. The Bertz CT molecular complexity index is 278. The Morgan fingerprint density at radius 3 is 2.75 bits per heavy atom. The number of aliphatic hydroxyl groups is 1. The molecule has 1 saturated heterocycles. The fourth-order valence-corrected chi connectivity index (χ4v) is 2.00. The van der Waals surface area contributed by atoms with Crippen LogP contribution in [0.4, 0.5) is 0 Å². The average molecular weight is 186 g/mol. The predicted molar refractivity (Wildman–Crippen MR) is 45.6 cm³/mol. The van der Waals surface area contributed by atoms with E-state index in [0.717, 1.165) is 9.94 Å². The summed E-state index contributed by atoms with van der Waals surface area (Å²) in [5.41, 5.74) is -0.749. The Labute approximate surface area is 74.5 Å². The lowest BCUT2D eigenvalue weighted by Crippen LogP contribution is -2.45. The van der Waals surface area contributed by atoms with Gasteiger partial charge in [0, 0.05) is 4.88 Å². The zero-order valence-electron chi connectivity index (χ0n) is 6.74. The summed E-state index contributed by atoms with van der Waals surface area (Å²) in [5.74, 6) is 0. The van der Waals surface area contributed by atoms with Gasteiger partial charge in [-0.15, -0.1) is 11.3 Å². The highest BCUT2D eigenvalue weighted by Crippen LogP contribution is 2.36. The molecule has 4 heteroatoms. The number of thiophene rings is 1. The maximum atomic E-state index is 9.82. The zero-order chi connectivity index (χ0) is 8.60. The van der Waals surface area contributed by atoms with E-state index in [4.69, 9.17) is 9.47 Å². The molecule has 1 aromatic heterocycles. The van der Waals surface area contributed by atoms with Gasteiger partial charge in [0.05, 0.1) is 20.3 Å². The first-order valence-corrected chi connectivity index (χ1v) is 4.51. The fraction of sp³-hybridized carbons (Fsp3) is 0.500. The monoisotopic (exact) mass is 186 g/mol. The molecule has 0 radical (unpaired) electrons. The van der Waals surface area contributed by atoms with Crippen LogP contribution < -0.4 is 4.74 Å². The summed E-state index contributed by atoms with van der Waals surface area (Å²) in [5, 5.41) is 10.6. The highest BCUT2D eigenvalue weighted by atomic mass is 32.1. The lowest BCUT2D eigenvalue weighted by atomic mass is 10.0. The minimum absolute atomic E-state index is 0.399. The minimum Gasteiger partial charge on any atom is -0.487 e. The molecule has 0 saturated carbocycles. The molecule has 1 N–H and O–H groups in total. The smallest absolute Gasteiger partial charge is 0.173 e. The van der Waals surface area contributed by atoms with Crippen molar-refractivity contribution in [2.75, 3.05) is 20.3 Å². The Kier molecular flexibility index (Phi) is 1.83. The maximum Gasteiger partial charge on any atom is 0.173 e. The molecule has 0 unspecified atom stereocenters. The van der Waals surface area contributed by atoms with E-state index in [2.05, 4.69) is 0 Å². The third-order valence-electron chi connectivity index (χ3n) is 1.92. The molecule has 1 aromatic rings. The lowest BCUT2D eigenvalue weighted by Gasteiger charge is -2.35. The summed E-state index contributed by atoms with van der Waals surface area (Å²) < 4.78 is 9.98. The Morgan fingerprint density at radius 1 is 1.58 bits per heavy atom. The van der Waals surface area contributed by atoms with Gasteiger partial charge >= 0.3 is 0 Å². The molecule has 0 bridgehead atoms. The molecule has 0 atom stereocenters. The Morgan fingerprint density at radius 2 is 2.33 bits per heavy atom. The van der Waals surface area contributed by atoms with E-state index in [1.165, 1.54) is 11.3 Å². The van der Waals surface area contributed by atoms with E-state index in [1.807, 2.05) is 12.1 Å². The van der Waals surface area contributed by atoms with E-state index >= 15 is 0 Å². The van der Waals surface area contributed by atoms with Crippen LogP contribution in [0.1, 0.15) is 4.88 Å². The largest absolute Gasteiger partial charge is 0.487 e. The summed E-state index contributed by atoms with van der Waals surface area (Å²) in [4.78, 5) is 0.922. The van der Waals surface area contributed by atoms with Gasteiger partial charge < -0.3 is 14.6 Å². The van der Waals surface area contributed by atoms with Crippen molar-refractivity contribution in [3.05, 3.63) is 17.0 Å². The van der Waals surface area contributed by atoms with Crippen molar-refractivity contribution in [3.8, 4) is 5.06 Å². The van der Waals surface area contributed by atoms with Crippen LogP contribution in [0.2, 0.25) is 0 Å². The molecule has 0 amide bonds. The van der Waals surface area contributed by atoms with Crippen LogP contribution in [-0.2, 0) is 10.3 Å². The SMILES string of the molecule is COc1ccc(C2(O)COC2)s1. The van der Waals surface area contributed by atoms with Crippen LogP contribution in [0.25, 0.3) is 0 Å². The topological polar surface area (TPSA) is 38.7 Å². The molecule has 12 heavy (non-hydrogen) atoms. The van der Waals surface area contributed by atoms with Crippen molar-refractivity contribution in [1.82, 2.24) is 0 Å². The highest BCUT2D eigenvalue weighted by Gasteiger charge is 2.39. The molecule has 1 aliphatic rings. The summed E-state index contributed by atoms with van der Waals surface area (Å²) in [7, 11) is 1.62. The van der Waals surface area contributed by atoms with E-state index in [1.54, 1.807) is 7.11 Å². The second-order valence-corrected chi connectivity index (χ2v) is 3.89. The number of methoxy groups -OCH3 is 1. The molecule has 66 valence electrons. The summed E-state index contributed by atoms with van der Waals surface area (Å²) in [6.07, 6.45) is 0. The van der Waals surface area contributed by atoms with Crippen molar-refractivity contribution in [2.45, 2.75) is 5.60 Å². The number of hydrogen-bond acceptors (Lipinski definition) is 4. The Hall–Kier alpha value is -0.580. The van der Waals surface area contributed by atoms with Crippen molar-refractivity contribution < 1.29 is 14.6 Å². The van der Waals surface area contributed by atoms with Gasteiger partial charge in [0.15, 0.2) is 5.06 Å². The van der Waals surface area contributed by atoms with Crippen LogP contribution in [0.15, 0.2) is 12.1 Å². The van der Waals surface area contributed by atoms with Gasteiger partial charge in [0.2, 0.25) is 0 Å². The molecule has 0 spiro atoms. The third-order valence-corrected chi connectivity index (χ3v) is 3.16. The molecular weight excluding hydrogens is 176 g/mol. The first-order chi connectivity index (χ1) is 5.74. The third kappa shape index (κ3) is 1.12. The normalized spacial score (nSPS) is 20.2. The quantitative estimate of drug-likeness (QED) is 0.748. The van der Waals surface area contributed by atoms with Gasteiger partial charge in [-0.3, -0.25) is 0 Å². The number of ether oxygens (including phenoxy) is 2. The van der Waals surface area contributed by atoms with Gasteiger partial charge in [0.1, 0.15) is 5.60 Å². The molecular formula is C8H10O3S. The van der Waals surface area contributed by atoms with Gasteiger partial charge in [0.25, 0.3) is 0 Å². The minimum atomic E-state index is -0.749. The van der Waals surface area contributed by atoms with Crippen LogP contribution >= 0.6 is 11.3 Å². The summed E-state index contributed by atoms with van der Waals surface area (Å²) in [6, 6.07) is 3.74. The van der Waals surface area contributed by atoms with Crippen molar-refractivity contribution in [1.29, 1.82) is 0 Å². The van der Waals surface area contributed by atoms with E-state index < -0.39 is 5.60 Å². The van der Waals surface area contributed by atoms with Crippen LogP contribution in [-0.4, -0.2) is 25.4 Å². The van der Waals surface area contributed by atoms with Crippen molar-refractivity contribution in [3.63, 3.8) is 0 Å². The maximum absolute atomic E-state index is 9.82. The fourth-order valence-electron chi connectivity index (χ4n) is 1.12. The summed E-state index contributed by atoms with van der Waals surface area (Å²) in [6.45, 7) is 0.799. The summed E-state index contributed by atoms with van der Waals surface area (Å²) >= 11 is 1.46. The molecule has 1 fully saturated rings. The Balaban J connectivity index is 2.22. The first kappa shape index (κ1) is 8.04. The molecule has 0 aliphatic carbocycles. The van der Waals surface area contributed by atoms with Gasteiger partial charge in [-0.05, 0) is 12.1 Å². The first-order valence-electron chi connectivity index (χ1n) is 3.69. The van der Waals surface area contributed by atoms with Crippen LogP contribution in [0, 0.1) is 0 Å².